The second-order valence-electron chi connectivity index (χ2n) is 12.9. The van der Waals surface area contributed by atoms with E-state index in [1.807, 2.05) is 0 Å². The molecule has 0 spiro atoms. The molecule has 304 valence electrons. The molecule has 52 heavy (non-hydrogen) atoms. The Kier molecular flexibility index (Phi) is 16.2. The molecule has 23 nitrogen and oxygen atoms in total. The molecule has 0 bridgehead atoms. The highest BCUT2D eigenvalue weighted by molar-refractivity contribution is 5.73. The molecule has 23 heteroatoms. The smallest absolute Gasteiger partial charge is 0.335 e. The molecule has 4 aliphatic rings. The Bertz CT molecular complexity index is 1090. The maximum Gasteiger partial charge on any atom is 0.335 e. The average Bonchev–Trinajstić information content (AvgIpc) is 3.13. The van der Waals surface area contributed by atoms with E-state index in [2.05, 4.69) is 0 Å². The minimum absolute atomic E-state index is 0.151. The number of ether oxygens (including phenoxy) is 8. The first-order valence-corrected chi connectivity index (χ1v) is 16.8. The molecule has 8 unspecified atom stereocenters. The van der Waals surface area contributed by atoms with Gasteiger partial charge in [-0.05, 0) is 25.8 Å². The van der Waals surface area contributed by atoms with Crippen LogP contribution in [0.4, 0.5) is 0 Å². The Balaban J connectivity index is 1.39. The summed E-state index contributed by atoms with van der Waals surface area (Å²) in [6.45, 7) is -1.98. The van der Waals surface area contributed by atoms with Gasteiger partial charge in [0.25, 0.3) is 0 Å². The van der Waals surface area contributed by atoms with Crippen molar-refractivity contribution >= 4 is 5.97 Å². The quantitative estimate of drug-likeness (QED) is 0.0649. The van der Waals surface area contributed by atoms with E-state index in [-0.39, 0.29) is 6.61 Å². The highest BCUT2D eigenvalue weighted by atomic mass is 16.8. The first-order chi connectivity index (χ1) is 24.7. The first-order valence-electron chi connectivity index (χ1n) is 16.8. The Morgan fingerprint density at radius 2 is 0.885 bits per heavy atom. The van der Waals surface area contributed by atoms with E-state index in [1.165, 1.54) is 0 Å². The van der Waals surface area contributed by atoms with Gasteiger partial charge in [0, 0.05) is 6.61 Å². The highest BCUT2D eigenvalue weighted by Gasteiger charge is 2.55. The number of aliphatic hydroxyl groups excluding tert-OH is 12. The third-order valence-corrected chi connectivity index (χ3v) is 9.28. The number of hydrogen-bond acceptors (Lipinski definition) is 22. The molecule has 0 radical (unpaired) electrons. The molecule has 0 saturated carbocycles. The molecule has 15 N–H and O–H groups in total. The van der Waals surface area contributed by atoms with Crippen molar-refractivity contribution < 1.29 is 109 Å². The summed E-state index contributed by atoms with van der Waals surface area (Å²) in [4.78, 5) is 11.4. The predicted octanol–water partition coefficient (Wildman–Crippen LogP) is -8.50. The van der Waals surface area contributed by atoms with Crippen LogP contribution < -0.4 is 5.73 Å². The standard InChI is InChI=1S/C29H51NO22/c30-4-2-1-3-5-45-26-18(40)14(36)21(9(6-31)46-26)49-27-19(41)15(37)22(10(7-32)47-27)50-28-20(42)16(38)23(11(8-33)48-28)51-29-17(39)12(34)13(35)24(52-29)25(43)44/h9-24,26-29,31-42H,1-8,30H2,(H,43,44)/t9?,10?,11?,12?,13-,14+,15+,16?,17-,18?,19?,20-,21-,22+,23+,24?,26-,27+,28-,29+/m0/s1. The number of carbonyl (C=O) groups is 1. The second-order valence-corrected chi connectivity index (χ2v) is 12.9. The fourth-order valence-corrected chi connectivity index (χ4v) is 6.28. The van der Waals surface area contributed by atoms with Crippen LogP contribution in [0, 0.1) is 0 Å². The molecular weight excluding hydrogens is 714 g/mol. The van der Waals surface area contributed by atoms with E-state index in [4.69, 9.17) is 43.6 Å². The van der Waals surface area contributed by atoms with Crippen molar-refractivity contribution in [3.8, 4) is 0 Å². The van der Waals surface area contributed by atoms with E-state index < -0.39 is 149 Å². The van der Waals surface area contributed by atoms with Gasteiger partial charge in [-0.2, -0.15) is 0 Å². The van der Waals surface area contributed by atoms with E-state index in [0.717, 1.165) is 12.8 Å². The summed E-state index contributed by atoms with van der Waals surface area (Å²) in [7, 11) is 0. The van der Waals surface area contributed by atoms with Crippen LogP contribution in [0.25, 0.3) is 0 Å². The number of carboxylic acids is 1. The van der Waals surface area contributed by atoms with Crippen LogP contribution in [0.2, 0.25) is 0 Å². The van der Waals surface area contributed by atoms with Crippen molar-refractivity contribution in [3.63, 3.8) is 0 Å². The minimum atomic E-state index is -2.09. The van der Waals surface area contributed by atoms with Crippen LogP contribution in [0.5, 0.6) is 0 Å². The molecule has 4 heterocycles. The number of carboxylic acid groups (broad SMARTS) is 1. The Labute approximate surface area is 296 Å². The molecule has 4 rings (SSSR count). The normalized spacial score (nSPS) is 47.3. The van der Waals surface area contributed by atoms with Crippen molar-refractivity contribution in [3.05, 3.63) is 0 Å². The number of hydrogen-bond donors (Lipinski definition) is 14. The van der Waals surface area contributed by atoms with Crippen molar-refractivity contribution in [2.45, 2.75) is 142 Å². The van der Waals surface area contributed by atoms with Crippen LogP contribution >= 0.6 is 0 Å². The summed E-state index contributed by atoms with van der Waals surface area (Å²) in [6, 6.07) is 0. The molecule has 4 saturated heterocycles. The van der Waals surface area contributed by atoms with Crippen LogP contribution in [0.1, 0.15) is 19.3 Å². The van der Waals surface area contributed by atoms with E-state index in [1.54, 1.807) is 0 Å². The maximum atomic E-state index is 11.4. The van der Waals surface area contributed by atoms with Gasteiger partial charge in [0.15, 0.2) is 31.3 Å². The zero-order valence-corrected chi connectivity index (χ0v) is 27.8. The van der Waals surface area contributed by atoms with Gasteiger partial charge in [-0.25, -0.2) is 4.79 Å². The monoisotopic (exact) mass is 765 g/mol. The largest absolute Gasteiger partial charge is 0.479 e. The van der Waals surface area contributed by atoms with Crippen molar-refractivity contribution in [1.82, 2.24) is 0 Å². The lowest BCUT2D eigenvalue weighted by Gasteiger charge is -2.49. The number of unbranched alkanes of at least 4 members (excludes halogenated alkanes) is 2. The molecule has 4 aliphatic heterocycles. The summed E-state index contributed by atoms with van der Waals surface area (Å²) in [5, 5.41) is 135. The van der Waals surface area contributed by atoms with Gasteiger partial charge in [-0.3, -0.25) is 0 Å². The van der Waals surface area contributed by atoms with Crippen LogP contribution in [0.3, 0.4) is 0 Å². The van der Waals surface area contributed by atoms with Gasteiger partial charge < -0.3 is 110 Å². The third kappa shape index (κ3) is 9.52. The Hall–Kier alpha value is -1.37. The average molecular weight is 766 g/mol. The van der Waals surface area contributed by atoms with Crippen LogP contribution in [0.15, 0.2) is 0 Å². The SMILES string of the molecule is NCCCCCO[C@H]1OC(CO)[C@H](O[C@H]2OC(CO)[C@@H](O[C@@H]3OC(CO)[C@@H](O[C@@H]4OC(C(=O)O)[C@@H](O)C(O)[C@@H]4O)C(O)[C@@H]3O)[C@H](O)C2O)[C@H](O)C1O. The molecule has 0 aliphatic carbocycles. The number of aliphatic hydroxyl groups is 12. The molecule has 4 fully saturated rings. The molecule has 20 atom stereocenters. The van der Waals surface area contributed by atoms with E-state index in [0.29, 0.717) is 13.0 Å². The molecule has 0 amide bonds. The van der Waals surface area contributed by atoms with Crippen molar-refractivity contribution in [2.75, 3.05) is 33.0 Å². The molecule has 0 aromatic carbocycles. The topological polar surface area (TPSA) is 380 Å². The van der Waals surface area contributed by atoms with Crippen LogP contribution in [-0.2, 0) is 42.7 Å². The number of aliphatic carboxylic acids is 1. The fraction of sp³-hybridized carbons (Fsp3) is 0.966. The van der Waals surface area contributed by atoms with Gasteiger partial charge in [0.2, 0.25) is 0 Å². The summed E-state index contributed by atoms with van der Waals surface area (Å²) in [5.41, 5.74) is 5.46. The Morgan fingerprint density at radius 1 is 0.500 bits per heavy atom. The second kappa shape index (κ2) is 19.5. The summed E-state index contributed by atoms with van der Waals surface area (Å²) < 4.78 is 43.9. The predicted molar refractivity (Wildman–Crippen MR) is 161 cm³/mol. The highest BCUT2D eigenvalue weighted by Crippen LogP contribution is 2.34. The number of nitrogens with two attached hydrogens (primary N) is 1. The lowest BCUT2D eigenvalue weighted by Crippen LogP contribution is -2.67. The van der Waals surface area contributed by atoms with Crippen LogP contribution in [-0.4, -0.2) is 228 Å². The minimum Gasteiger partial charge on any atom is -0.479 e. The molecule has 0 aromatic rings. The third-order valence-electron chi connectivity index (χ3n) is 9.28. The van der Waals surface area contributed by atoms with Gasteiger partial charge in [-0.15, -0.1) is 0 Å². The number of rotatable bonds is 16. The lowest BCUT2D eigenvalue weighted by molar-refractivity contribution is -0.387. The first kappa shape index (κ1) is 43.4. The lowest BCUT2D eigenvalue weighted by atomic mass is 9.95. The Morgan fingerprint density at radius 3 is 1.29 bits per heavy atom. The van der Waals surface area contributed by atoms with Crippen molar-refractivity contribution in [1.29, 1.82) is 0 Å². The van der Waals surface area contributed by atoms with Gasteiger partial charge in [0.1, 0.15) is 91.6 Å². The zero-order valence-electron chi connectivity index (χ0n) is 27.8. The summed E-state index contributed by atoms with van der Waals surface area (Å²) >= 11 is 0. The van der Waals surface area contributed by atoms with E-state index in [9.17, 15) is 71.2 Å². The summed E-state index contributed by atoms with van der Waals surface area (Å²) in [5.74, 6) is -1.72. The fourth-order valence-electron chi connectivity index (χ4n) is 6.28. The zero-order chi connectivity index (χ0) is 38.4. The summed E-state index contributed by atoms with van der Waals surface area (Å²) in [6.07, 6.45) is -34.4. The van der Waals surface area contributed by atoms with Gasteiger partial charge in [-0.1, -0.05) is 0 Å². The van der Waals surface area contributed by atoms with Crippen molar-refractivity contribution in [2.24, 2.45) is 5.73 Å². The van der Waals surface area contributed by atoms with Gasteiger partial charge in [0.05, 0.1) is 19.8 Å². The molecule has 0 aromatic heterocycles. The van der Waals surface area contributed by atoms with Gasteiger partial charge >= 0.3 is 5.97 Å². The van der Waals surface area contributed by atoms with E-state index >= 15 is 0 Å². The molecular formula is C29H51NO22. The maximum absolute atomic E-state index is 11.4.